The first-order valence-electron chi connectivity index (χ1n) is 5.09. The highest BCUT2D eigenvalue weighted by atomic mass is 35.5. The van der Waals surface area contributed by atoms with E-state index in [1.165, 1.54) is 17.1 Å². The monoisotopic (exact) mass is 253 g/mol. The Morgan fingerprint density at radius 2 is 2.12 bits per heavy atom. The summed E-state index contributed by atoms with van der Waals surface area (Å²) >= 11 is 5.87. The molecule has 17 heavy (non-hydrogen) atoms. The fourth-order valence-corrected chi connectivity index (χ4v) is 1.57. The number of rotatable bonds is 0. The van der Waals surface area contributed by atoms with Crippen LogP contribution in [0.5, 0.6) is 0 Å². The first kappa shape index (κ1) is 11.9. The molecule has 0 radical (unpaired) electrons. The van der Waals surface area contributed by atoms with Gasteiger partial charge in [0.1, 0.15) is 17.4 Å². The molecule has 0 atom stereocenters. The van der Waals surface area contributed by atoms with Crippen molar-refractivity contribution in [3.8, 4) is 0 Å². The first-order chi connectivity index (χ1) is 7.88. The van der Waals surface area contributed by atoms with E-state index in [9.17, 15) is 4.79 Å². The molecule has 0 bridgehead atoms. The predicted molar refractivity (Wildman–Crippen MR) is 64.2 cm³/mol. The van der Waals surface area contributed by atoms with Crippen molar-refractivity contribution in [3.05, 3.63) is 23.7 Å². The normalized spacial score (nSPS) is 11.8. The van der Waals surface area contributed by atoms with E-state index in [2.05, 4.69) is 9.97 Å². The summed E-state index contributed by atoms with van der Waals surface area (Å²) in [6.45, 7) is 5.41. The maximum absolute atomic E-state index is 11.9. The largest absolute Gasteiger partial charge is 0.443 e. The zero-order valence-corrected chi connectivity index (χ0v) is 10.5. The smallest absolute Gasteiger partial charge is 0.420 e. The lowest BCUT2D eigenvalue weighted by Crippen LogP contribution is -2.26. The van der Waals surface area contributed by atoms with Crippen LogP contribution in [0.4, 0.5) is 4.79 Å². The van der Waals surface area contributed by atoms with Crippen LogP contribution in [0.3, 0.4) is 0 Å². The molecule has 0 saturated carbocycles. The van der Waals surface area contributed by atoms with Crippen LogP contribution in [0.2, 0.25) is 5.15 Å². The van der Waals surface area contributed by atoms with Gasteiger partial charge in [0.15, 0.2) is 5.15 Å². The number of halogens is 1. The van der Waals surface area contributed by atoms with Crippen LogP contribution in [0, 0.1) is 0 Å². The minimum absolute atomic E-state index is 0.268. The van der Waals surface area contributed by atoms with Gasteiger partial charge in [-0.1, -0.05) is 11.6 Å². The minimum Gasteiger partial charge on any atom is -0.443 e. The number of hydrogen-bond acceptors (Lipinski definition) is 4. The molecule has 0 aliphatic heterocycles. The number of nitrogens with zero attached hydrogens (tertiary/aromatic N) is 3. The Hall–Kier alpha value is -1.62. The van der Waals surface area contributed by atoms with Crippen molar-refractivity contribution < 1.29 is 9.53 Å². The summed E-state index contributed by atoms with van der Waals surface area (Å²) in [5, 5.41) is 0.268. The van der Waals surface area contributed by atoms with E-state index in [1.54, 1.807) is 26.8 Å². The van der Waals surface area contributed by atoms with Crippen LogP contribution in [-0.4, -0.2) is 26.2 Å². The maximum Gasteiger partial charge on any atom is 0.420 e. The summed E-state index contributed by atoms with van der Waals surface area (Å²) in [6.07, 6.45) is 2.42. The summed E-state index contributed by atoms with van der Waals surface area (Å²) in [5.41, 5.74) is 0.518. The van der Waals surface area contributed by atoms with Crippen LogP contribution in [0.15, 0.2) is 18.6 Å². The number of pyridine rings is 1. The molecule has 5 nitrogen and oxygen atoms in total. The van der Waals surface area contributed by atoms with Gasteiger partial charge >= 0.3 is 6.09 Å². The van der Waals surface area contributed by atoms with E-state index in [4.69, 9.17) is 16.3 Å². The number of carbonyl (C=O) groups is 1. The number of aromatic nitrogens is 3. The van der Waals surface area contributed by atoms with Crippen molar-refractivity contribution in [1.29, 1.82) is 0 Å². The molecule has 2 heterocycles. The van der Waals surface area contributed by atoms with E-state index in [0.717, 1.165) is 0 Å². The van der Waals surface area contributed by atoms with Gasteiger partial charge in [-0.25, -0.2) is 19.3 Å². The molecule has 2 aromatic heterocycles. The third kappa shape index (κ3) is 2.39. The standard InChI is InChI=1S/C11H12ClN3O2/c1-11(2,3)17-10(16)15-6-14-8-7(15)4-5-13-9(8)12/h4-6H,1-3H3. The lowest BCUT2D eigenvalue weighted by atomic mass is 10.2. The fraction of sp³-hybridized carbons (Fsp3) is 0.364. The third-order valence-corrected chi connectivity index (χ3v) is 2.29. The molecule has 2 aromatic rings. The van der Waals surface area contributed by atoms with Crippen molar-refractivity contribution in [2.45, 2.75) is 26.4 Å². The van der Waals surface area contributed by atoms with Crippen molar-refractivity contribution >= 4 is 28.7 Å². The Kier molecular flexibility index (Phi) is 2.79. The molecule has 0 unspecified atom stereocenters. The third-order valence-electron chi connectivity index (χ3n) is 2.01. The van der Waals surface area contributed by atoms with Gasteiger partial charge < -0.3 is 4.74 Å². The van der Waals surface area contributed by atoms with Gasteiger partial charge in [-0.3, -0.25) is 0 Å². The number of ether oxygens (including phenoxy) is 1. The summed E-state index contributed by atoms with van der Waals surface area (Å²) in [7, 11) is 0. The van der Waals surface area contributed by atoms with E-state index in [1.807, 2.05) is 0 Å². The molecule has 2 rings (SSSR count). The van der Waals surface area contributed by atoms with Crippen LogP contribution in [-0.2, 0) is 4.74 Å². The highest BCUT2D eigenvalue weighted by molar-refractivity contribution is 6.33. The van der Waals surface area contributed by atoms with E-state index in [-0.39, 0.29) is 5.15 Å². The second-order valence-electron chi connectivity index (χ2n) is 4.56. The van der Waals surface area contributed by atoms with Crippen LogP contribution < -0.4 is 0 Å². The Morgan fingerprint density at radius 1 is 1.41 bits per heavy atom. The summed E-state index contributed by atoms with van der Waals surface area (Å²) < 4.78 is 6.56. The van der Waals surface area contributed by atoms with E-state index >= 15 is 0 Å². The topological polar surface area (TPSA) is 57.0 Å². The molecule has 0 fully saturated rings. The Bertz CT molecular complexity index is 572. The summed E-state index contributed by atoms with van der Waals surface area (Å²) in [6, 6.07) is 1.66. The highest BCUT2D eigenvalue weighted by Crippen LogP contribution is 2.20. The lowest BCUT2D eigenvalue weighted by molar-refractivity contribution is 0.0543. The van der Waals surface area contributed by atoms with Crippen molar-refractivity contribution in [3.63, 3.8) is 0 Å². The van der Waals surface area contributed by atoms with Gasteiger partial charge in [-0.05, 0) is 26.8 Å². The molecular weight excluding hydrogens is 242 g/mol. The Labute approximate surface area is 103 Å². The van der Waals surface area contributed by atoms with Gasteiger partial charge in [0, 0.05) is 6.20 Å². The molecule has 0 aromatic carbocycles. The molecular formula is C11H12ClN3O2. The van der Waals surface area contributed by atoms with E-state index < -0.39 is 11.7 Å². The van der Waals surface area contributed by atoms with Gasteiger partial charge in [0.25, 0.3) is 0 Å². The molecule has 6 heteroatoms. The molecule has 0 aliphatic carbocycles. The van der Waals surface area contributed by atoms with Crippen molar-refractivity contribution in [2.24, 2.45) is 0 Å². The average molecular weight is 254 g/mol. The minimum atomic E-state index is -0.551. The number of carbonyl (C=O) groups excluding carboxylic acids is 1. The van der Waals surface area contributed by atoms with Gasteiger partial charge in [-0.15, -0.1) is 0 Å². The van der Waals surface area contributed by atoms with Gasteiger partial charge in [0.2, 0.25) is 0 Å². The molecule has 0 saturated heterocycles. The number of hydrogen-bond donors (Lipinski definition) is 0. The second-order valence-corrected chi connectivity index (χ2v) is 4.92. The summed E-state index contributed by atoms with van der Waals surface area (Å²) in [5.74, 6) is 0. The zero-order valence-electron chi connectivity index (χ0n) is 9.77. The second kappa shape index (κ2) is 4.00. The Balaban J connectivity index is 2.43. The van der Waals surface area contributed by atoms with E-state index in [0.29, 0.717) is 11.0 Å². The zero-order chi connectivity index (χ0) is 12.6. The van der Waals surface area contributed by atoms with Crippen LogP contribution in [0.1, 0.15) is 20.8 Å². The maximum atomic E-state index is 11.9. The van der Waals surface area contributed by atoms with Crippen LogP contribution >= 0.6 is 11.6 Å². The molecule has 0 amide bonds. The number of imidazole rings is 1. The average Bonchev–Trinajstić information content (AvgIpc) is 2.60. The summed E-state index contributed by atoms with van der Waals surface area (Å²) in [4.78, 5) is 19.8. The molecule has 0 spiro atoms. The highest BCUT2D eigenvalue weighted by Gasteiger charge is 2.20. The quantitative estimate of drug-likeness (QED) is 0.678. The van der Waals surface area contributed by atoms with Crippen LogP contribution in [0.25, 0.3) is 11.0 Å². The molecule has 0 N–H and O–H groups in total. The predicted octanol–water partition coefficient (Wildman–Crippen LogP) is 2.87. The first-order valence-corrected chi connectivity index (χ1v) is 5.47. The van der Waals surface area contributed by atoms with Crippen molar-refractivity contribution in [2.75, 3.05) is 0 Å². The Morgan fingerprint density at radius 3 is 2.76 bits per heavy atom. The molecule has 90 valence electrons. The van der Waals surface area contributed by atoms with Crippen molar-refractivity contribution in [1.82, 2.24) is 14.5 Å². The SMILES string of the molecule is CC(C)(C)OC(=O)n1cnc2c(Cl)nccc21. The lowest BCUT2D eigenvalue weighted by Gasteiger charge is -2.19. The number of fused-ring (bicyclic) bond motifs is 1. The van der Waals surface area contributed by atoms with Gasteiger partial charge in [0.05, 0.1) is 5.52 Å². The van der Waals surface area contributed by atoms with Gasteiger partial charge in [-0.2, -0.15) is 0 Å². The fourth-order valence-electron chi connectivity index (χ4n) is 1.37. The molecule has 0 aliphatic rings.